The molecule has 2 atom stereocenters. The fraction of sp³-hybridized carbons (Fsp3) is 0.952. The standard InChI is InChI=1S/C21H42N4O/c1-7-22-20(24-18-10-12-25(13-11-18)16(2)3)23-15-17-9-8-14-26-19(17)21(4,5)6/h16-19H,7-15H2,1-6H3,(H2,22,23,24). The molecule has 0 aromatic carbocycles. The molecule has 0 bridgehead atoms. The molecule has 0 spiro atoms. The summed E-state index contributed by atoms with van der Waals surface area (Å²) in [6, 6.07) is 1.18. The molecule has 0 aromatic rings. The molecule has 2 unspecified atom stereocenters. The summed E-state index contributed by atoms with van der Waals surface area (Å²) in [5, 5.41) is 7.12. The number of hydrogen-bond acceptors (Lipinski definition) is 3. The van der Waals surface area contributed by atoms with Crippen LogP contribution in [0.15, 0.2) is 4.99 Å². The van der Waals surface area contributed by atoms with Gasteiger partial charge in [0.1, 0.15) is 0 Å². The van der Waals surface area contributed by atoms with E-state index >= 15 is 0 Å². The van der Waals surface area contributed by atoms with Crippen molar-refractivity contribution in [1.29, 1.82) is 0 Å². The molecule has 0 radical (unpaired) electrons. The summed E-state index contributed by atoms with van der Waals surface area (Å²) < 4.78 is 6.12. The molecule has 5 nitrogen and oxygen atoms in total. The number of nitrogens with one attached hydrogen (secondary N) is 2. The van der Waals surface area contributed by atoms with E-state index in [1.165, 1.54) is 32.4 Å². The Labute approximate surface area is 161 Å². The number of rotatable bonds is 5. The lowest BCUT2D eigenvalue weighted by Gasteiger charge is -2.39. The Morgan fingerprint density at radius 1 is 1.19 bits per heavy atom. The summed E-state index contributed by atoms with van der Waals surface area (Å²) in [5.74, 6) is 1.50. The Balaban J connectivity index is 1.91. The quantitative estimate of drug-likeness (QED) is 0.579. The number of guanidine groups is 1. The predicted octanol–water partition coefficient (Wildman–Crippen LogP) is 3.26. The van der Waals surface area contributed by atoms with E-state index in [0.717, 1.165) is 32.1 Å². The monoisotopic (exact) mass is 366 g/mol. The van der Waals surface area contributed by atoms with Crippen LogP contribution in [0.25, 0.3) is 0 Å². The smallest absolute Gasteiger partial charge is 0.191 e. The molecule has 0 amide bonds. The van der Waals surface area contributed by atoms with Crippen LogP contribution in [0.4, 0.5) is 0 Å². The lowest BCUT2D eigenvalue weighted by Crippen LogP contribution is -2.50. The van der Waals surface area contributed by atoms with Gasteiger partial charge < -0.3 is 20.3 Å². The van der Waals surface area contributed by atoms with Crippen LogP contribution < -0.4 is 10.6 Å². The Kier molecular flexibility index (Phi) is 8.21. The number of likely N-dealkylation sites (tertiary alicyclic amines) is 1. The highest BCUT2D eigenvalue weighted by atomic mass is 16.5. The molecule has 0 aliphatic carbocycles. The van der Waals surface area contributed by atoms with E-state index in [1.54, 1.807) is 0 Å². The molecule has 0 saturated carbocycles. The van der Waals surface area contributed by atoms with Gasteiger partial charge in [-0.25, -0.2) is 0 Å². The molecule has 26 heavy (non-hydrogen) atoms. The molecule has 2 rings (SSSR count). The lowest BCUT2D eigenvalue weighted by atomic mass is 9.78. The average molecular weight is 367 g/mol. The van der Waals surface area contributed by atoms with Crippen LogP contribution in [-0.4, -0.2) is 61.8 Å². The van der Waals surface area contributed by atoms with E-state index in [-0.39, 0.29) is 5.41 Å². The first-order valence-corrected chi connectivity index (χ1v) is 10.7. The topological polar surface area (TPSA) is 48.9 Å². The van der Waals surface area contributed by atoms with Gasteiger partial charge in [0.15, 0.2) is 5.96 Å². The van der Waals surface area contributed by atoms with Gasteiger partial charge in [-0.05, 0) is 51.9 Å². The minimum absolute atomic E-state index is 0.177. The third-order valence-electron chi connectivity index (χ3n) is 5.73. The van der Waals surface area contributed by atoms with E-state index in [2.05, 4.69) is 57.1 Å². The number of hydrogen-bond donors (Lipinski definition) is 2. The molecule has 2 N–H and O–H groups in total. The zero-order valence-electron chi connectivity index (χ0n) is 18.0. The summed E-state index contributed by atoms with van der Waals surface area (Å²) in [7, 11) is 0. The second-order valence-electron chi connectivity index (χ2n) is 9.33. The maximum absolute atomic E-state index is 6.12. The van der Waals surface area contributed by atoms with Gasteiger partial charge in [0.05, 0.1) is 6.10 Å². The fourth-order valence-electron chi connectivity index (χ4n) is 4.27. The van der Waals surface area contributed by atoms with Crippen LogP contribution in [0.1, 0.15) is 67.2 Å². The fourth-order valence-corrected chi connectivity index (χ4v) is 4.27. The second kappa shape index (κ2) is 9.93. The molecule has 2 aliphatic rings. The number of aliphatic imine (C=N–C) groups is 1. The zero-order chi connectivity index (χ0) is 19.2. The van der Waals surface area contributed by atoms with E-state index < -0.39 is 0 Å². The Hall–Kier alpha value is -0.810. The van der Waals surface area contributed by atoms with Crippen molar-refractivity contribution in [3.8, 4) is 0 Å². The minimum Gasteiger partial charge on any atom is -0.377 e. The molecular weight excluding hydrogens is 324 g/mol. The third kappa shape index (κ3) is 6.41. The van der Waals surface area contributed by atoms with Crippen LogP contribution in [0.5, 0.6) is 0 Å². The van der Waals surface area contributed by atoms with Crippen molar-refractivity contribution >= 4 is 5.96 Å². The van der Waals surface area contributed by atoms with Crippen molar-refractivity contribution in [3.05, 3.63) is 0 Å². The van der Waals surface area contributed by atoms with Crippen molar-refractivity contribution in [2.24, 2.45) is 16.3 Å². The highest BCUT2D eigenvalue weighted by Crippen LogP contribution is 2.34. The van der Waals surface area contributed by atoms with E-state index in [0.29, 0.717) is 24.1 Å². The van der Waals surface area contributed by atoms with E-state index in [4.69, 9.17) is 9.73 Å². The molecule has 0 aromatic heterocycles. The third-order valence-corrected chi connectivity index (χ3v) is 5.73. The average Bonchev–Trinajstić information content (AvgIpc) is 2.60. The molecular formula is C21H42N4O. The number of nitrogens with zero attached hydrogens (tertiary/aromatic N) is 2. The van der Waals surface area contributed by atoms with Gasteiger partial charge in [0.2, 0.25) is 0 Å². The molecule has 2 heterocycles. The maximum atomic E-state index is 6.12. The van der Waals surface area contributed by atoms with Crippen molar-refractivity contribution in [1.82, 2.24) is 15.5 Å². The van der Waals surface area contributed by atoms with Crippen LogP contribution in [-0.2, 0) is 4.74 Å². The summed E-state index contributed by atoms with van der Waals surface area (Å²) >= 11 is 0. The van der Waals surface area contributed by atoms with Gasteiger partial charge in [-0.15, -0.1) is 0 Å². The zero-order valence-corrected chi connectivity index (χ0v) is 18.0. The largest absolute Gasteiger partial charge is 0.377 e. The summed E-state index contributed by atoms with van der Waals surface area (Å²) in [6.45, 7) is 18.6. The highest BCUT2D eigenvalue weighted by Gasteiger charge is 2.35. The lowest BCUT2D eigenvalue weighted by molar-refractivity contribution is -0.0823. The van der Waals surface area contributed by atoms with Crippen molar-refractivity contribution < 1.29 is 4.74 Å². The first-order chi connectivity index (χ1) is 12.3. The van der Waals surface area contributed by atoms with Crippen LogP contribution in [0, 0.1) is 11.3 Å². The Morgan fingerprint density at radius 2 is 1.88 bits per heavy atom. The van der Waals surface area contributed by atoms with Gasteiger partial charge in [0, 0.05) is 50.8 Å². The second-order valence-corrected chi connectivity index (χ2v) is 9.33. The molecule has 5 heteroatoms. The molecule has 152 valence electrons. The van der Waals surface area contributed by atoms with Crippen LogP contribution >= 0.6 is 0 Å². The van der Waals surface area contributed by atoms with Gasteiger partial charge >= 0.3 is 0 Å². The number of piperidine rings is 1. The first kappa shape index (κ1) is 21.5. The van der Waals surface area contributed by atoms with Crippen molar-refractivity contribution in [3.63, 3.8) is 0 Å². The predicted molar refractivity (Wildman–Crippen MR) is 111 cm³/mol. The number of ether oxygens (including phenoxy) is 1. The molecule has 2 fully saturated rings. The van der Waals surface area contributed by atoms with Crippen molar-refractivity contribution in [2.75, 3.05) is 32.8 Å². The van der Waals surface area contributed by atoms with E-state index in [9.17, 15) is 0 Å². The van der Waals surface area contributed by atoms with Crippen molar-refractivity contribution in [2.45, 2.75) is 85.4 Å². The highest BCUT2D eigenvalue weighted by molar-refractivity contribution is 5.80. The summed E-state index contributed by atoms with van der Waals surface area (Å²) in [4.78, 5) is 7.51. The minimum atomic E-state index is 0.177. The van der Waals surface area contributed by atoms with Gasteiger partial charge in [-0.3, -0.25) is 4.99 Å². The first-order valence-electron chi connectivity index (χ1n) is 10.7. The Bertz CT molecular complexity index is 436. The van der Waals surface area contributed by atoms with Gasteiger partial charge in [0.25, 0.3) is 0 Å². The SMILES string of the molecule is CCNC(=NCC1CCCOC1C(C)(C)C)NC1CCN(C(C)C)CC1. The van der Waals surface area contributed by atoms with Gasteiger partial charge in [-0.1, -0.05) is 20.8 Å². The normalized spacial score (nSPS) is 27.0. The molecule has 2 saturated heterocycles. The molecule has 2 aliphatic heterocycles. The maximum Gasteiger partial charge on any atom is 0.191 e. The summed E-state index contributed by atoms with van der Waals surface area (Å²) in [5.41, 5.74) is 0.177. The van der Waals surface area contributed by atoms with E-state index in [1.807, 2.05) is 0 Å². The Morgan fingerprint density at radius 3 is 2.46 bits per heavy atom. The van der Waals surface area contributed by atoms with Crippen LogP contribution in [0.3, 0.4) is 0 Å². The van der Waals surface area contributed by atoms with Gasteiger partial charge in [-0.2, -0.15) is 0 Å². The summed E-state index contributed by atoms with van der Waals surface area (Å²) in [6.07, 6.45) is 5.07. The van der Waals surface area contributed by atoms with Crippen LogP contribution in [0.2, 0.25) is 0 Å².